The van der Waals surface area contributed by atoms with Gasteiger partial charge < -0.3 is 0 Å². The topological polar surface area (TPSA) is 0 Å². The largest absolute Gasteiger partial charge is 0.0582 e. The van der Waals surface area contributed by atoms with Crippen molar-refractivity contribution in [3.63, 3.8) is 0 Å². The molecular formula is C21H27. The maximum Gasteiger partial charge on any atom is 0.0317 e. The van der Waals surface area contributed by atoms with Crippen molar-refractivity contribution in [2.24, 2.45) is 11.3 Å². The Balaban J connectivity index is 1.95. The van der Waals surface area contributed by atoms with E-state index in [0.717, 1.165) is 0 Å². The summed E-state index contributed by atoms with van der Waals surface area (Å²) in [6.45, 7) is 16.1. The summed E-state index contributed by atoms with van der Waals surface area (Å²) < 4.78 is 0. The molecule has 0 fully saturated rings. The summed E-state index contributed by atoms with van der Waals surface area (Å²) in [7, 11) is 0. The van der Waals surface area contributed by atoms with E-state index in [1.165, 1.54) is 16.7 Å². The van der Waals surface area contributed by atoms with Crippen molar-refractivity contribution in [2.75, 3.05) is 0 Å². The highest BCUT2D eigenvalue weighted by molar-refractivity contribution is 5.66. The molecule has 2 unspecified atom stereocenters. The van der Waals surface area contributed by atoms with Crippen molar-refractivity contribution in [3.05, 3.63) is 58.2 Å². The molecule has 0 aromatic heterocycles. The van der Waals surface area contributed by atoms with E-state index >= 15 is 0 Å². The molecule has 0 spiro atoms. The van der Waals surface area contributed by atoms with Gasteiger partial charge in [-0.1, -0.05) is 72.7 Å². The summed E-state index contributed by atoms with van der Waals surface area (Å²) in [4.78, 5) is 0. The molecule has 21 heavy (non-hydrogen) atoms. The van der Waals surface area contributed by atoms with Crippen molar-refractivity contribution in [1.82, 2.24) is 0 Å². The lowest BCUT2D eigenvalue weighted by Crippen LogP contribution is -2.26. The van der Waals surface area contributed by atoms with Gasteiger partial charge in [0.1, 0.15) is 0 Å². The molecule has 0 amide bonds. The minimum Gasteiger partial charge on any atom is -0.0582 e. The van der Waals surface area contributed by atoms with Crippen LogP contribution in [0.2, 0.25) is 0 Å². The van der Waals surface area contributed by atoms with Crippen LogP contribution < -0.4 is 0 Å². The number of fused-ring (bicyclic) bond motifs is 1. The maximum absolute atomic E-state index is 3.68. The van der Waals surface area contributed by atoms with E-state index in [1.54, 1.807) is 11.1 Å². The van der Waals surface area contributed by atoms with Crippen LogP contribution in [-0.4, -0.2) is 0 Å². The Morgan fingerprint density at radius 3 is 1.81 bits per heavy atom. The van der Waals surface area contributed by atoms with E-state index in [2.05, 4.69) is 78.8 Å². The first kappa shape index (κ1) is 14.6. The zero-order chi connectivity index (χ0) is 15.6. The molecule has 0 N–H and O–H groups in total. The molecular weight excluding hydrogens is 252 g/mol. The van der Waals surface area contributed by atoms with Crippen LogP contribution in [0, 0.1) is 17.4 Å². The van der Waals surface area contributed by atoms with Gasteiger partial charge in [0.05, 0.1) is 0 Å². The van der Waals surface area contributed by atoms with Gasteiger partial charge in [-0.05, 0) is 44.8 Å². The van der Waals surface area contributed by atoms with Crippen molar-refractivity contribution >= 4 is 0 Å². The summed E-state index contributed by atoms with van der Waals surface area (Å²) in [6, 6.07) is 9.25. The van der Waals surface area contributed by atoms with Crippen LogP contribution in [0.3, 0.4) is 0 Å². The molecule has 0 heteroatoms. The van der Waals surface area contributed by atoms with Crippen LogP contribution >= 0.6 is 0 Å². The zero-order valence-electron chi connectivity index (χ0n) is 14.5. The number of allylic oxidation sites excluding steroid dienone is 4. The molecule has 111 valence electrons. The summed E-state index contributed by atoms with van der Waals surface area (Å²) in [5.41, 5.74) is 7.98. The van der Waals surface area contributed by atoms with Crippen molar-refractivity contribution in [1.29, 1.82) is 0 Å². The summed E-state index contributed by atoms with van der Waals surface area (Å²) in [6.07, 6.45) is 3.68. The number of rotatable bonds is 1. The first-order valence-corrected chi connectivity index (χ1v) is 8.09. The van der Waals surface area contributed by atoms with E-state index in [0.29, 0.717) is 11.8 Å². The molecule has 3 aliphatic rings. The standard InChI is InChI=1S/C21H27/c1-13-12-16-18(17(13)19(16)21(5,6)7)14-8-10-15(11-9-14)20(2,3)4/h8-11,13,18H,1-7H3. The zero-order valence-corrected chi connectivity index (χ0v) is 14.5. The third-order valence-electron chi connectivity index (χ3n) is 4.86. The minimum absolute atomic E-state index is 0.228. The highest BCUT2D eigenvalue weighted by Crippen LogP contribution is 2.61. The quantitative estimate of drug-likeness (QED) is 0.609. The predicted octanol–water partition coefficient (Wildman–Crippen LogP) is 5.80. The second-order valence-corrected chi connectivity index (χ2v) is 8.67. The smallest absolute Gasteiger partial charge is 0.0317 e. The van der Waals surface area contributed by atoms with Crippen LogP contribution in [0.5, 0.6) is 0 Å². The Morgan fingerprint density at radius 2 is 1.43 bits per heavy atom. The molecule has 0 nitrogen and oxygen atoms in total. The average Bonchev–Trinajstić information content (AvgIpc) is 2.81. The number of benzene rings is 1. The molecule has 0 heterocycles. The molecule has 0 saturated heterocycles. The number of hydrogen-bond acceptors (Lipinski definition) is 0. The molecule has 0 aliphatic heterocycles. The van der Waals surface area contributed by atoms with Crippen LogP contribution in [-0.2, 0) is 5.41 Å². The van der Waals surface area contributed by atoms with Crippen molar-refractivity contribution < 1.29 is 0 Å². The van der Waals surface area contributed by atoms with Gasteiger partial charge in [-0.3, -0.25) is 0 Å². The van der Waals surface area contributed by atoms with Gasteiger partial charge in [0.25, 0.3) is 0 Å². The lowest BCUT2D eigenvalue weighted by molar-refractivity contribution is 0.476. The highest BCUT2D eigenvalue weighted by Gasteiger charge is 2.47. The average molecular weight is 279 g/mol. The third kappa shape index (κ3) is 2.20. The first-order chi connectivity index (χ1) is 9.60. The van der Waals surface area contributed by atoms with Gasteiger partial charge in [-0.2, -0.15) is 0 Å². The second-order valence-electron chi connectivity index (χ2n) is 8.67. The first-order valence-electron chi connectivity index (χ1n) is 8.09. The van der Waals surface area contributed by atoms with E-state index in [-0.39, 0.29) is 10.8 Å². The van der Waals surface area contributed by atoms with E-state index in [4.69, 9.17) is 0 Å². The number of hydrogen-bond donors (Lipinski definition) is 0. The van der Waals surface area contributed by atoms with E-state index in [9.17, 15) is 0 Å². The third-order valence-corrected chi connectivity index (χ3v) is 4.86. The van der Waals surface area contributed by atoms with E-state index in [1.807, 2.05) is 0 Å². The Hall–Kier alpha value is -1.30. The Kier molecular flexibility index (Phi) is 3.03. The monoisotopic (exact) mass is 279 g/mol. The predicted molar refractivity (Wildman–Crippen MR) is 90.3 cm³/mol. The van der Waals surface area contributed by atoms with Crippen molar-refractivity contribution in [3.8, 4) is 0 Å². The lowest BCUT2D eigenvalue weighted by Gasteiger charge is -2.40. The fraction of sp³-hybridized carbons (Fsp3) is 0.524. The van der Waals surface area contributed by atoms with Crippen LogP contribution in [0.25, 0.3) is 0 Å². The molecule has 1 aromatic rings. The highest BCUT2D eigenvalue weighted by atomic mass is 14.5. The van der Waals surface area contributed by atoms with Crippen molar-refractivity contribution in [2.45, 2.75) is 59.8 Å². The van der Waals surface area contributed by atoms with Crippen LogP contribution in [0.1, 0.15) is 65.5 Å². The molecule has 4 rings (SSSR count). The molecule has 1 radical (unpaired) electrons. The normalized spacial score (nSPS) is 25.0. The Morgan fingerprint density at radius 1 is 0.857 bits per heavy atom. The lowest BCUT2D eigenvalue weighted by atomic mass is 9.64. The fourth-order valence-corrected chi connectivity index (χ4v) is 3.81. The minimum atomic E-state index is 0.228. The molecule has 2 bridgehead atoms. The molecule has 0 saturated carbocycles. The van der Waals surface area contributed by atoms with Gasteiger partial charge in [0.15, 0.2) is 0 Å². The SMILES string of the molecule is CC1[C]=C2C(C(C)(C)C)=C1C2c1ccc(C(C)(C)C)cc1. The van der Waals surface area contributed by atoms with Gasteiger partial charge in [0, 0.05) is 11.8 Å². The summed E-state index contributed by atoms with van der Waals surface area (Å²) in [5.74, 6) is 1.02. The Labute approximate surface area is 130 Å². The summed E-state index contributed by atoms with van der Waals surface area (Å²) >= 11 is 0. The van der Waals surface area contributed by atoms with Crippen LogP contribution in [0.15, 0.2) is 41.0 Å². The molecule has 3 aliphatic carbocycles. The van der Waals surface area contributed by atoms with E-state index < -0.39 is 0 Å². The molecule has 1 aromatic carbocycles. The summed E-state index contributed by atoms with van der Waals surface area (Å²) in [5, 5.41) is 0. The van der Waals surface area contributed by atoms with Gasteiger partial charge >= 0.3 is 0 Å². The fourth-order valence-electron chi connectivity index (χ4n) is 3.81. The second kappa shape index (κ2) is 4.35. The van der Waals surface area contributed by atoms with Gasteiger partial charge in [0.2, 0.25) is 0 Å². The van der Waals surface area contributed by atoms with Gasteiger partial charge in [-0.15, -0.1) is 0 Å². The Bertz CT molecular complexity index is 624. The molecule has 2 atom stereocenters. The van der Waals surface area contributed by atoms with Gasteiger partial charge in [-0.25, -0.2) is 0 Å². The van der Waals surface area contributed by atoms with Crippen LogP contribution in [0.4, 0.5) is 0 Å². The maximum atomic E-state index is 3.68.